The van der Waals surface area contributed by atoms with Gasteiger partial charge in [0.1, 0.15) is 11.5 Å². The highest BCUT2D eigenvalue weighted by molar-refractivity contribution is 7.99. The first-order valence-electron chi connectivity index (χ1n) is 8.33. The van der Waals surface area contributed by atoms with E-state index in [9.17, 15) is 13.6 Å². The number of ether oxygens (including phenoxy) is 1. The van der Waals surface area contributed by atoms with E-state index >= 15 is 0 Å². The molecule has 1 N–H and O–H groups in total. The maximum Gasteiger partial charge on any atom is 0.288 e. The smallest absolute Gasteiger partial charge is 0.288 e. The lowest BCUT2D eigenvalue weighted by atomic mass is 9.87. The monoisotopic (exact) mass is 383 g/mol. The highest BCUT2D eigenvalue weighted by Gasteiger charge is 2.32. The minimum atomic E-state index is -2.47. The summed E-state index contributed by atoms with van der Waals surface area (Å²) < 4.78 is 30.8. The van der Waals surface area contributed by atoms with Crippen molar-refractivity contribution >= 4 is 23.4 Å². The molecule has 1 aliphatic heterocycles. The number of rotatable bonds is 4. The summed E-state index contributed by atoms with van der Waals surface area (Å²) in [7, 11) is 0. The van der Waals surface area contributed by atoms with E-state index in [1.54, 1.807) is 24.3 Å². The standard InChI is InChI=1S/C21H15F2NO2S/c22-21(23)27-14-11-9-13(10-12-14)24-20(25)19-15-5-1-3-7-17(15)26-18-8-4-2-6-16(18)19/h1-12,19,21H,(H,24,25). The Balaban J connectivity index is 1.62. The van der Waals surface area contributed by atoms with E-state index in [4.69, 9.17) is 4.74 Å². The van der Waals surface area contributed by atoms with Gasteiger partial charge in [-0.05, 0) is 36.4 Å². The molecule has 6 heteroatoms. The summed E-state index contributed by atoms with van der Waals surface area (Å²) in [5, 5.41) is 2.88. The third-order valence-corrected chi connectivity index (χ3v) is 5.01. The Labute approximate surface area is 159 Å². The summed E-state index contributed by atoms with van der Waals surface area (Å²) in [6, 6.07) is 21.3. The molecule has 3 aromatic carbocycles. The fourth-order valence-corrected chi connectivity index (χ4v) is 3.63. The molecule has 27 heavy (non-hydrogen) atoms. The molecule has 136 valence electrons. The van der Waals surface area contributed by atoms with Gasteiger partial charge >= 0.3 is 0 Å². The van der Waals surface area contributed by atoms with Gasteiger partial charge in [0.25, 0.3) is 5.76 Å². The van der Waals surface area contributed by atoms with Crippen LogP contribution < -0.4 is 10.1 Å². The number of benzene rings is 3. The average molecular weight is 383 g/mol. The van der Waals surface area contributed by atoms with E-state index < -0.39 is 11.7 Å². The quantitative estimate of drug-likeness (QED) is 0.572. The predicted molar refractivity (Wildman–Crippen MR) is 102 cm³/mol. The van der Waals surface area contributed by atoms with Gasteiger partial charge in [0.15, 0.2) is 0 Å². The molecule has 1 amide bonds. The second-order valence-electron chi connectivity index (χ2n) is 6.00. The van der Waals surface area contributed by atoms with Crippen molar-refractivity contribution in [2.75, 3.05) is 5.32 Å². The molecule has 0 spiro atoms. The number of hydrogen-bond donors (Lipinski definition) is 1. The summed E-state index contributed by atoms with van der Waals surface area (Å²) in [6.45, 7) is 0. The number of amides is 1. The second-order valence-corrected chi connectivity index (χ2v) is 7.07. The van der Waals surface area contributed by atoms with Crippen molar-refractivity contribution in [2.24, 2.45) is 0 Å². The van der Waals surface area contributed by atoms with Crippen LogP contribution in [-0.2, 0) is 4.79 Å². The summed E-state index contributed by atoms with van der Waals surface area (Å²) >= 11 is 0.473. The van der Waals surface area contributed by atoms with Gasteiger partial charge in [-0.25, -0.2) is 0 Å². The number of alkyl halides is 2. The Morgan fingerprint density at radius 1 is 0.889 bits per heavy atom. The van der Waals surface area contributed by atoms with Gasteiger partial charge in [-0.1, -0.05) is 48.2 Å². The number of halogens is 2. The van der Waals surface area contributed by atoms with Crippen molar-refractivity contribution in [3.8, 4) is 11.5 Å². The van der Waals surface area contributed by atoms with Crippen LogP contribution in [0.15, 0.2) is 77.7 Å². The first-order chi connectivity index (χ1) is 13.1. The molecule has 0 saturated carbocycles. The molecule has 0 fully saturated rings. The van der Waals surface area contributed by atoms with E-state index in [-0.39, 0.29) is 5.91 Å². The van der Waals surface area contributed by atoms with Gasteiger partial charge in [-0.3, -0.25) is 4.79 Å². The molecular formula is C21H15F2NO2S. The van der Waals surface area contributed by atoms with E-state index in [2.05, 4.69) is 5.32 Å². The lowest BCUT2D eigenvalue weighted by Crippen LogP contribution is -2.25. The van der Waals surface area contributed by atoms with Crippen LogP contribution in [-0.4, -0.2) is 11.7 Å². The maximum atomic E-state index is 13.1. The molecule has 0 radical (unpaired) electrons. The molecule has 0 aliphatic carbocycles. The van der Waals surface area contributed by atoms with Crippen molar-refractivity contribution < 1.29 is 18.3 Å². The third-order valence-electron chi connectivity index (χ3n) is 4.29. The van der Waals surface area contributed by atoms with Gasteiger partial charge in [0.2, 0.25) is 5.91 Å². The molecule has 0 atom stereocenters. The van der Waals surface area contributed by atoms with Crippen LogP contribution >= 0.6 is 11.8 Å². The molecule has 3 aromatic rings. The highest BCUT2D eigenvalue weighted by Crippen LogP contribution is 2.44. The summed E-state index contributed by atoms with van der Waals surface area (Å²) in [5.74, 6) is -1.88. The molecular weight excluding hydrogens is 368 g/mol. The number of carbonyl (C=O) groups is 1. The zero-order chi connectivity index (χ0) is 18.8. The average Bonchev–Trinajstić information content (AvgIpc) is 2.67. The predicted octanol–water partition coefficient (Wildman–Crippen LogP) is 5.88. The zero-order valence-electron chi connectivity index (χ0n) is 14.1. The SMILES string of the molecule is O=C(Nc1ccc(SC(F)F)cc1)C1c2ccccc2Oc2ccccc21. The van der Waals surface area contributed by atoms with E-state index in [1.165, 1.54) is 0 Å². The van der Waals surface area contributed by atoms with Gasteiger partial charge in [0, 0.05) is 21.7 Å². The second kappa shape index (κ2) is 7.40. The van der Waals surface area contributed by atoms with Crippen LogP contribution in [0.25, 0.3) is 0 Å². The Bertz CT molecular complexity index is 930. The van der Waals surface area contributed by atoms with E-state index in [0.717, 1.165) is 11.1 Å². The van der Waals surface area contributed by atoms with Crippen LogP contribution in [0.4, 0.5) is 14.5 Å². The Morgan fingerprint density at radius 3 is 2.00 bits per heavy atom. The molecule has 0 unspecified atom stereocenters. The topological polar surface area (TPSA) is 38.3 Å². The van der Waals surface area contributed by atoms with Crippen LogP contribution in [0, 0.1) is 0 Å². The number of fused-ring (bicyclic) bond motifs is 2. The van der Waals surface area contributed by atoms with Gasteiger partial charge in [-0.15, -0.1) is 0 Å². The van der Waals surface area contributed by atoms with Gasteiger partial charge in [-0.2, -0.15) is 8.78 Å². The molecule has 3 nitrogen and oxygen atoms in total. The number of anilines is 1. The van der Waals surface area contributed by atoms with Crippen molar-refractivity contribution in [1.29, 1.82) is 0 Å². The fourth-order valence-electron chi connectivity index (χ4n) is 3.13. The number of nitrogens with one attached hydrogen (secondary N) is 1. The minimum absolute atomic E-state index is 0.201. The molecule has 4 rings (SSSR count). The van der Waals surface area contributed by atoms with Crippen LogP contribution in [0.5, 0.6) is 11.5 Å². The number of hydrogen-bond acceptors (Lipinski definition) is 3. The molecule has 1 heterocycles. The van der Waals surface area contributed by atoms with Crippen molar-refractivity contribution in [2.45, 2.75) is 16.6 Å². The normalized spacial score (nSPS) is 12.9. The zero-order valence-corrected chi connectivity index (χ0v) is 14.9. The van der Waals surface area contributed by atoms with E-state index in [0.29, 0.717) is 33.8 Å². The third kappa shape index (κ3) is 3.66. The number of carbonyl (C=O) groups excluding carboxylic acids is 1. The van der Waals surface area contributed by atoms with Crippen LogP contribution in [0.1, 0.15) is 17.0 Å². The molecule has 0 aromatic heterocycles. The minimum Gasteiger partial charge on any atom is -0.457 e. The molecule has 0 bridgehead atoms. The van der Waals surface area contributed by atoms with Crippen LogP contribution in [0.3, 0.4) is 0 Å². The van der Waals surface area contributed by atoms with Crippen molar-refractivity contribution in [3.05, 3.63) is 83.9 Å². The summed E-state index contributed by atoms with van der Waals surface area (Å²) in [4.78, 5) is 13.5. The largest absolute Gasteiger partial charge is 0.457 e. The van der Waals surface area contributed by atoms with Crippen molar-refractivity contribution in [1.82, 2.24) is 0 Å². The lowest BCUT2D eigenvalue weighted by molar-refractivity contribution is -0.116. The lowest BCUT2D eigenvalue weighted by Gasteiger charge is -2.27. The fraction of sp³-hybridized carbons (Fsp3) is 0.0952. The Morgan fingerprint density at radius 2 is 1.44 bits per heavy atom. The maximum absolute atomic E-state index is 13.1. The number of para-hydroxylation sites is 2. The first-order valence-corrected chi connectivity index (χ1v) is 9.21. The van der Waals surface area contributed by atoms with E-state index in [1.807, 2.05) is 48.5 Å². The molecule has 1 aliphatic rings. The van der Waals surface area contributed by atoms with Gasteiger partial charge < -0.3 is 10.1 Å². The summed E-state index contributed by atoms with van der Waals surface area (Å²) in [5.41, 5.74) is 2.14. The summed E-state index contributed by atoms with van der Waals surface area (Å²) in [6.07, 6.45) is 0. The highest BCUT2D eigenvalue weighted by atomic mass is 32.2. The Kier molecular flexibility index (Phi) is 4.81. The van der Waals surface area contributed by atoms with Crippen LogP contribution in [0.2, 0.25) is 0 Å². The first kappa shape index (κ1) is 17.5. The number of thioether (sulfide) groups is 1. The van der Waals surface area contributed by atoms with Crippen molar-refractivity contribution in [3.63, 3.8) is 0 Å². The van der Waals surface area contributed by atoms with Gasteiger partial charge in [0.05, 0.1) is 5.92 Å². The Hall–Kier alpha value is -2.86. The molecule has 0 saturated heterocycles.